The summed E-state index contributed by atoms with van der Waals surface area (Å²) in [7, 11) is 11.0. The normalized spacial score (nSPS) is 27.1. The quantitative estimate of drug-likeness (QED) is 0.170. The lowest BCUT2D eigenvalue weighted by Gasteiger charge is -2.63. The topological polar surface area (TPSA) is 107 Å². The molecule has 6 aliphatic carbocycles. The fraction of sp³-hybridized carbons (Fsp3) is 0.496. The molecule has 134 heavy (non-hydrogen) atoms. The van der Waals surface area contributed by atoms with Crippen molar-refractivity contribution in [3.05, 3.63) is 267 Å². The summed E-state index contributed by atoms with van der Waals surface area (Å²) in [5.74, 6) is 3.41. The molecule has 5 aromatic carbocycles. The molecule has 7 unspecified atom stereocenters. The lowest BCUT2D eigenvalue weighted by atomic mass is 9.47. The smallest absolute Gasteiger partial charge is 0.157 e. The van der Waals surface area contributed by atoms with Gasteiger partial charge < -0.3 is 69.4 Å². The van der Waals surface area contributed by atoms with Crippen molar-refractivity contribution in [2.45, 2.75) is 311 Å². The van der Waals surface area contributed by atoms with Crippen LogP contribution in [0.3, 0.4) is 0 Å². The largest absolute Gasteiger partial charge is 0.462 e. The van der Waals surface area contributed by atoms with Crippen molar-refractivity contribution < 1.29 is 22.1 Å². The highest BCUT2D eigenvalue weighted by Crippen LogP contribution is 2.74. The number of hydrogen-bond acceptors (Lipinski definition) is 10. The molecule has 3 spiro atoms. The van der Waals surface area contributed by atoms with Crippen LogP contribution in [0.25, 0.3) is 55.5 Å². The summed E-state index contributed by atoms with van der Waals surface area (Å²) in [6.45, 7) is 50.8. The zero-order valence-corrected chi connectivity index (χ0v) is 85.4. The minimum atomic E-state index is -0.142. The van der Waals surface area contributed by atoms with Gasteiger partial charge >= 0.3 is 0 Å². The van der Waals surface area contributed by atoms with Crippen molar-refractivity contribution in [1.82, 2.24) is 22.8 Å². The van der Waals surface area contributed by atoms with Gasteiger partial charge in [0.25, 0.3) is 0 Å². The van der Waals surface area contributed by atoms with Gasteiger partial charge in [0.05, 0.1) is 117 Å². The second-order valence-electron chi connectivity index (χ2n) is 44.5. The van der Waals surface area contributed by atoms with Crippen molar-refractivity contribution in [2.75, 3.05) is 24.5 Å². The van der Waals surface area contributed by atoms with Crippen LogP contribution < -0.4 is 24.5 Å². The molecule has 4 bridgehead atoms. The van der Waals surface area contributed by atoms with Gasteiger partial charge in [0.1, 0.15) is 0 Å². The Morgan fingerprint density at radius 1 is 0.276 bits per heavy atom. The van der Waals surface area contributed by atoms with Crippen LogP contribution in [0.5, 0.6) is 0 Å². The second kappa shape index (κ2) is 31.4. The van der Waals surface area contributed by atoms with Crippen LogP contribution in [0.4, 0.5) is 28.4 Å². The molecule has 7 aliphatic heterocycles. The summed E-state index contributed by atoms with van der Waals surface area (Å²) < 4.78 is 42.2. The predicted octanol–water partition coefficient (Wildman–Crippen LogP) is 31.4. The highest BCUT2D eigenvalue weighted by Gasteiger charge is 2.70. The van der Waals surface area contributed by atoms with Crippen molar-refractivity contribution in [1.29, 1.82) is 0 Å². The molecule has 7 atom stereocenters. The van der Waals surface area contributed by atoms with E-state index in [2.05, 4.69) is 359 Å². The molecule has 10 aromatic heterocycles. The maximum atomic E-state index is 6.23. The number of nitrogens with zero attached hydrogens (tertiary/aromatic N) is 10. The molecular formula is C119H148N10O5. The van der Waals surface area contributed by atoms with Gasteiger partial charge in [-0.25, -0.2) is 0 Å². The Labute approximate surface area is 796 Å². The fourth-order valence-electron chi connectivity index (χ4n) is 31.6. The van der Waals surface area contributed by atoms with E-state index in [9.17, 15) is 0 Å². The van der Waals surface area contributed by atoms with Crippen molar-refractivity contribution in [2.24, 2.45) is 69.7 Å². The first-order valence-electron chi connectivity index (χ1n) is 51.3. The third kappa shape index (κ3) is 11.3. The summed E-state index contributed by atoms with van der Waals surface area (Å²) in [4.78, 5) is 13.6. The van der Waals surface area contributed by atoms with Gasteiger partial charge in [-0.3, -0.25) is 0 Å². The Balaban J connectivity index is 0.0000000997. The Morgan fingerprint density at radius 3 is 0.858 bits per heavy atom. The molecule has 0 saturated heterocycles. The summed E-state index contributed by atoms with van der Waals surface area (Å²) in [6, 6.07) is 57.0. The van der Waals surface area contributed by atoms with E-state index in [0.29, 0.717) is 30.2 Å². The number of anilines is 5. The van der Waals surface area contributed by atoms with Crippen LogP contribution in [-0.4, -0.2) is 22.8 Å². The first-order chi connectivity index (χ1) is 64.2. The SMILES string of the molecule is CC.CC.CC1c2c(c3occc3n2C)C2(C)N1c1ccccc1C(C)(C)C2(C)C.CC1c2c(c3occc3n2C)C2(C)N1c1ccccc1C(C)(C)C2(C)C.Cc1ccccc1N1C(C)c2c(c3occc3n2C)C12C1CC3CC(C1)CC2C3.Cc1ccccc1N1C(C)c2c(c3occc3n2C)C12CCCC2.Cc1ccccc1N1C(C)c2c(c3occc3n2C)C12CCCCC2. The zero-order chi connectivity index (χ0) is 94.4. The molecule has 15 aromatic rings. The van der Waals surface area contributed by atoms with E-state index >= 15 is 0 Å². The Bertz CT molecular complexity index is 6840. The molecular weight excluding hydrogens is 1650 g/mol. The van der Waals surface area contributed by atoms with Gasteiger partial charge in [-0.1, -0.05) is 206 Å². The monoisotopic (exact) mass is 1800 g/mol. The highest BCUT2D eigenvalue weighted by molar-refractivity contribution is 5.91. The predicted molar refractivity (Wildman–Crippen MR) is 551 cm³/mol. The van der Waals surface area contributed by atoms with Crippen molar-refractivity contribution in [3.8, 4) is 0 Å². The molecule has 6 fully saturated rings. The summed E-state index contributed by atoms with van der Waals surface area (Å²) >= 11 is 0. The first kappa shape index (κ1) is 89.7. The fourth-order valence-corrected chi connectivity index (χ4v) is 31.6. The second-order valence-corrected chi connectivity index (χ2v) is 44.5. The maximum absolute atomic E-state index is 6.23. The van der Waals surface area contributed by atoms with E-state index in [0.717, 1.165) is 51.6 Å². The van der Waals surface area contributed by atoms with Gasteiger partial charge in [-0.15, -0.1) is 0 Å². The number of aromatic nitrogens is 5. The van der Waals surface area contributed by atoms with E-state index in [4.69, 9.17) is 22.1 Å². The number of fused-ring (bicyclic) bond motifs is 25. The van der Waals surface area contributed by atoms with Crippen molar-refractivity contribution in [3.63, 3.8) is 0 Å². The average Bonchev–Trinajstić information content (AvgIpc) is 1.50. The molecule has 28 rings (SSSR count). The standard InChI is InChI=1S/C26H30N2O.2C23H28N2O.C22H26N2O.C21H24N2O.2C2H6/c1-15-6-4-5-7-21(15)28-16(2)24-23(25-22(27(24)3)8-9-29-25)26(28)19-11-17-10-18(13-19)14-20(26)12-17;2*1-14-19-18(20-17(24(19)7)12-13-26-20)23(6)22(4,5)21(2,3)15-10-8-9-11-16(15)25(14)23;1-15-9-5-6-10-17(15)24-16(2)20-19(22(24)12-7-4-8-13-22)21-18(23(20)3)11-14-25-21;1-14-8-4-5-9-16(14)23-15(2)19-18(21(23)11-6-7-12-21)20-17(22(19)3)10-13-24-20;2*1-2/h4-9,16-20H,10-14H2,1-3H3;2*8-14H,1-7H3;5-6,9-11,14,16H,4,7-8,12-13H2,1-3H3;4-5,8-10,13,15H,6-7,11-12H2,1-3H3;2*1-2H3. The van der Waals surface area contributed by atoms with E-state index in [1.165, 1.54) is 224 Å². The molecule has 6 saturated carbocycles. The van der Waals surface area contributed by atoms with Gasteiger partial charge in [-0.05, 0) is 220 Å². The van der Waals surface area contributed by atoms with Crippen LogP contribution in [-0.2, 0) is 73.8 Å². The average molecular weight is 1800 g/mol. The zero-order valence-electron chi connectivity index (χ0n) is 85.4. The maximum Gasteiger partial charge on any atom is 0.157 e. The highest BCUT2D eigenvalue weighted by atomic mass is 16.3. The Hall–Kier alpha value is -10.8. The number of para-hydroxylation sites is 5. The summed E-state index contributed by atoms with van der Waals surface area (Å²) in [6.07, 6.45) is 27.8. The lowest BCUT2D eigenvalue weighted by molar-refractivity contribution is -0.0599. The minimum absolute atomic E-state index is 0.00887. The Kier molecular flexibility index (Phi) is 21.0. The number of benzene rings is 5. The van der Waals surface area contributed by atoms with Crippen LogP contribution >= 0.6 is 0 Å². The van der Waals surface area contributed by atoms with Gasteiger partial charge in [0.2, 0.25) is 0 Å². The molecule has 17 heterocycles. The summed E-state index contributed by atoms with van der Waals surface area (Å²) in [5, 5.41) is 0. The summed E-state index contributed by atoms with van der Waals surface area (Å²) in [5.41, 5.74) is 40.1. The Morgan fingerprint density at radius 2 is 0.530 bits per heavy atom. The molecule has 0 N–H and O–H groups in total. The first-order valence-corrected chi connectivity index (χ1v) is 51.3. The number of aryl methyl sites for hydroxylation is 8. The van der Waals surface area contributed by atoms with Crippen LogP contribution in [0.15, 0.2) is 205 Å². The third-order valence-electron chi connectivity index (χ3n) is 38.6. The van der Waals surface area contributed by atoms with E-state index in [1.54, 1.807) is 5.56 Å². The van der Waals surface area contributed by atoms with E-state index < -0.39 is 0 Å². The molecule has 0 radical (unpaired) electrons. The van der Waals surface area contributed by atoms with Gasteiger partial charge in [0.15, 0.2) is 27.9 Å². The molecule has 15 nitrogen and oxygen atoms in total. The number of rotatable bonds is 3. The lowest BCUT2D eigenvalue weighted by Crippen LogP contribution is -2.62. The van der Waals surface area contributed by atoms with Gasteiger partial charge in [-0.2, -0.15) is 0 Å². The van der Waals surface area contributed by atoms with Crippen LogP contribution in [0.2, 0.25) is 0 Å². The molecule has 15 heteroatoms. The van der Waals surface area contributed by atoms with Gasteiger partial charge in [0, 0.05) is 161 Å². The number of furan rings is 5. The molecule has 13 aliphatic rings. The van der Waals surface area contributed by atoms with Crippen LogP contribution in [0.1, 0.15) is 336 Å². The van der Waals surface area contributed by atoms with Crippen LogP contribution in [0, 0.1) is 55.3 Å². The van der Waals surface area contributed by atoms with Crippen molar-refractivity contribution >= 4 is 83.9 Å². The molecule has 0 amide bonds. The van der Waals surface area contributed by atoms with E-state index in [-0.39, 0.29) is 49.4 Å². The third-order valence-corrected chi connectivity index (χ3v) is 38.6. The molecule has 704 valence electrons. The number of hydrogen-bond donors (Lipinski definition) is 0. The minimum Gasteiger partial charge on any atom is -0.462 e. The van der Waals surface area contributed by atoms with E-state index in [1.807, 2.05) is 59.0 Å².